The van der Waals surface area contributed by atoms with Crippen LogP contribution in [0.3, 0.4) is 0 Å². The third-order valence-electron chi connectivity index (χ3n) is 1.48. The molecule has 0 saturated carbocycles. The van der Waals surface area contributed by atoms with Crippen LogP contribution in [0.15, 0.2) is 6.07 Å². The molecule has 2 nitrogen and oxygen atoms in total. The van der Waals surface area contributed by atoms with Crippen molar-refractivity contribution in [2.75, 3.05) is 0 Å². The zero-order valence-electron chi connectivity index (χ0n) is 6.18. The fourth-order valence-electron chi connectivity index (χ4n) is 0.845. The molecule has 0 unspecified atom stereocenters. The van der Waals surface area contributed by atoms with Crippen molar-refractivity contribution in [2.24, 2.45) is 0 Å². The van der Waals surface area contributed by atoms with Crippen molar-refractivity contribution in [3.05, 3.63) is 32.3 Å². The van der Waals surface area contributed by atoms with Gasteiger partial charge in [-0.1, -0.05) is 34.8 Å². The molecule has 0 aliphatic carbocycles. The molecular weight excluding hydrogens is 234 g/mol. The highest BCUT2D eigenvalue weighted by molar-refractivity contribution is 6.49. The monoisotopic (exact) mass is 236 g/mol. The standard InChI is InChI=1S/C8H3Cl3O2/c9-6-1-4(2-12)5(3-13)7(10)8(6)11/h1-3H. The molecule has 1 rings (SSSR count). The van der Waals surface area contributed by atoms with Gasteiger partial charge >= 0.3 is 0 Å². The van der Waals surface area contributed by atoms with Crippen LogP contribution in [0.2, 0.25) is 15.1 Å². The van der Waals surface area contributed by atoms with Crippen molar-refractivity contribution in [1.29, 1.82) is 0 Å². The SMILES string of the molecule is O=Cc1cc(Cl)c(Cl)c(Cl)c1C=O. The van der Waals surface area contributed by atoms with E-state index in [-0.39, 0.29) is 26.2 Å². The molecule has 1 aromatic rings. The van der Waals surface area contributed by atoms with Gasteiger partial charge in [0.1, 0.15) is 0 Å². The summed E-state index contributed by atoms with van der Waals surface area (Å²) in [6, 6.07) is 1.30. The predicted molar refractivity (Wildman–Crippen MR) is 52.2 cm³/mol. The predicted octanol–water partition coefficient (Wildman–Crippen LogP) is 3.27. The second kappa shape index (κ2) is 4.09. The molecule has 68 valence electrons. The molecule has 0 N–H and O–H groups in total. The molecule has 0 aliphatic heterocycles. The van der Waals surface area contributed by atoms with E-state index in [9.17, 15) is 9.59 Å². The molecule has 0 spiro atoms. The zero-order chi connectivity index (χ0) is 10.0. The van der Waals surface area contributed by atoms with E-state index < -0.39 is 0 Å². The quantitative estimate of drug-likeness (QED) is 0.584. The van der Waals surface area contributed by atoms with E-state index >= 15 is 0 Å². The minimum absolute atomic E-state index is 0.00580. The number of hydrogen-bond acceptors (Lipinski definition) is 2. The fraction of sp³-hybridized carbons (Fsp3) is 0. The first-order valence-corrected chi connectivity index (χ1v) is 4.33. The molecule has 0 heterocycles. The van der Waals surface area contributed by atoms with Crippen LogP contribution in [0.5, 0.6) is 0 Å². The maximum atomic E-state index is 10.5. The summed E-state index contributed by atoms with van der Waals surface area (Å²) in [6.07, 6.45) is 0.964. The van der Waals surface area contributed by atoms with Gasteiger partial charge in [0, 0.05) is 11.1 Å². The van der Waals surface area contributed by atoms with Crippen molar-refractivity contribution in [2.45, 2.75) is 0 Å². The number of hydrogen-bond donors (Lipinski definition) is 0. The van der Waals surface area contributed by atoms with Gasteiger partial charge in [-0.05, 0) is 6.07 Å². The number of halogens is 3. The maximum absolute atomic E-state index is 10.5. The Morgan fingerprint density at radius 1 is 1.00 bits per heavy atom. The lowest BCUT2D eigenvalue weighted by Gasteiger charge is -2.04. The highest BCUT2D eigenvalue weighted by Crippen LogP contribution is 2.33. The number of rotatable bonds is 2. The average Bonchev–Trinajstić information content (AvgIpc) is 2.13. The van der Waals surface area contributed by atoms with Gasteiger partial charge in [0.2, 0.25) is 0 Å². The van der Waals surface area contributed by atoms with Crippen LogP contribution in [0, 0.1) is 0 Å². The third-order valence-corrected chi connectivity index (χ3v) is 2.75. The van der Waals surface area contributed by atoms with Crippen molar-refractivity contribution in [3.63, 3.8) is 0 Å². The Kier molecular flexibility index (Phi) is 3.31. The second-order valence-corrected chi connectivity index (χ2v) is 3.39. The lowest BCUT2D eigenvalue weighted by molar-refractivity contribution is 0.109. The Morgan fingerprint density at radius 3 is 2.08 bits per heavy atom. The second-order valence-electron chi connectivity index (χ2n) is 2.22. The Balaban J connectivity index is 3.56. The van der Waals surface area contributed by atoms with Crippen LogP contribution in [0.25, 0.3) is 0 Å². The topological polar surface area (TPSA) is 34.1 Å². The van der Waals surface area contributed by atoms with Gasteiger partial charge in [-0.3, -0.25) is 9.59 Å². The third kappa shape index (κ3) is 1.85. The van der Waals surface area contributed by atoms with Gasteiger partial charge in [-0.2, -0.15) is 0 Å². The van der Waals surface area contributed by atoms with Crippen LogP contribution in [-0.4, -0.2) is 12.6 Å². The molecule has 13 heavy (non-hydrogen) atoms. The minimum atomic E-state index is 0.00580. The van der Waals surface area contributed by atoms with Crippen molar-refractivity contribution in [1.82, 2.24) is 0 Å². The van der Waals surface area contributed by atoms with Crippen LogP contribution < -0.4 is 0 Å². The molecule has 0 atom stereocenters. The average molecular weight is 237 g/mol. The highest BCUT2D eigenvalue weighted by atomic mass is 35.5. The van der Waals surface area contributed by atoms with E-state index in [1.54, 1.807) is 0 Å². The van der Waals surface area contributed by atoms with Crippen LogP contribution in [0.4, 0.5) is 0 Å². The van der Waals surface area contributed by atoms with Gasteiger partial charge < -0.3 is 0 Å². The summed E-state index contributed by atoms with van der Waals surface area (Å²) in [6.45, 7) is 0. The summed E-state index contributed by atoms with van der Waals surface area (Å²) in [5.41, 5.74) is 0.195. The Hall–Kier alpha value is -0.570. The summed E-state index contributed by atoms with van der Waals surface area (Å²) < 4.78 is 0. The summed E-state index contributed by atoms with van der Waals surface area (Å²) in [5.74, 6) is 0. The zero-order valence-corrected chi connectivity index (χ0v) is 8.45. The number of aldehydes is 2. The molecule has 1 aromatic carbocycles. The molecule has 0 aliphatic rings. The van der Waals surface area contributed by atoms with Gasteiger partial charge in [0.15, 0.2) is 12.6 Å². The normalized spacial score (nSPS) is 9.77. The van der Waals surface area contributed by atoms with Crippen molar-refractivity contribution < 1.29 is 9.59 Å². The summed E-state index contributed by atoms with van der Waals surface area (Å²) in [7, 11) is 0. The molecule has 0 amide bonds. The van der Waals surface area contributed by atoms with Crippen LogP contribution in [-0.2, 0) is 0 Å². The van der Waals surface area contributed by atoms with Crippen molar-refractivity contribution in [3.8, 4) is 0 Å². The van der Waals surface area contributed by atoms with E-state index in [4.69, 9.17) is 34.8 Å². The van der Waals surface area contributed by atoms with E-state index in [0.717, 1.165) is 0 Å². The van der Waals surface area contributed by atoms with Crippen molar-refractivity contribution >= 4 is 47.4 Å². The summed E-state index contributed by atoms with van der Waals surface area (Å²) in [4.78, 5) is 21.0. The van der Waals surface area contributed by atoms with E-state index in [2.05, 4.69) is 0 Å². The number of benzene rings is 1. The Morgan fingerprint density at radius 2 is 1.62 bits per heavy atom. The molecular formula is C8H3Cl3O2. The first kappa shape index (κ1) is 10.5. The molecule has 0 radical (unpaired) electrons. The summed E-state index contributed by atoms with van der Waals surface area (Å²) >= 11 is 17.0. The largest absolute Gasteiger partial charge is 0.298 e. The lowest BCUT2D eigenvalue weighted by Crippen LogP contribution is -1.93. The first-order chi connectivity index (χ1) is 6.11. The van der Waals surface area contributed by atoms with Gasteiger partial charge in [-0.25, -0.2) is 0 Å². The maximum Gasteiger partial charge on any atom is 0.152 e. The molecule has 0 fully saturated rings. The van der Waals surface area contributed by atoms with Gasteiger partial charge in [0.25, 0.3) is 0 Å². The smallest absolute Gasteiger partial charge is 0.152 e. The highest BCUT2D eigenvalue weighted by Gasteiger charge is 2.13. The Bertz CT molecular complexity index is 374. The molecule has 0 aromatic heterocycles. The summed E-state index contributed by atoms with van der Waals surface area (Å²) in [5, 5.41) is 0.238. The van der Waals surface area contributed by atoms with Gasteiger partial charge in [-0.15, -0.1) is 0 Å². The first-order valence-electron chi connectivity index (χ1n) is 3.19. The fourth-order valence-corrected chi connectivity index (χ4v) is 1.52. The van der Waals surface area contributed by atoms with E-state index in [1.165, 1.54) is 6.07 Å². The Labute approximate surface area is 89.4 Å². The minimum Gasteiger partial charge on any atom is -0.298 e. The van der Waals surface area contributed by atoms with Crippen LogP contribution >= 0.6 is 34.8 Å². The van der Waals surface area contributed by atoms with Gasteiger partial charge in [0.05, 0.1) is 15.1 Å². The number of carbonyl (C=O) groups is 2. The molecule has 5 heteroatoms. The molecule has 0 saturated heterocycles. The van der Waals surface area contributed by atoms with E-state index in [0.29, 0.717) is 12.6 Å². The van der Waals surface area contributed by atoms with E-state index in [1.807, 2.05) is 0 Å². The number of carbonyl (C=O) groups excluding carboxylic acids is 2. The molecule has 0 bridgehead atoms. The lowest BCUT2D eigenvalue weighted by atomic mass is 10.1. The van der Waals surface area contributed by atoms with Crippen LogP contribution in [0.1, 0.15) is 20.7 Å².